The zero-order valence-electron chi connectivity index (χ0n) is 19.5. The van der Waals surface area contributed by atoms with Crippen LogP contribution in [0, 0.1) is 17.7 Å². The van der Waals surface area contributed by atoms with E-state index in [2.05, 4.69) is 32.9 Å². The average molecular weight is 453 g/mol. The fourth-order valence-electron chi connectivity index (χ4n) is 4.29. The first kappa shape index (κ1) is 26.3. The molecule has 0 saturated carbocycles. The van der Waals surface area contributed by atoms with Crippen LogP contribution in [0.5, 0.6) is 0 Å². The molecule has 0 saturated heterocycles. The summed E-state index contributed by atoms with van der Waals surface area (Å²) in [6, 6.07) is 3.01. The highest BCUT2D eigenvalue weighted by molar-refractivity contribution is 5.96. The van der Waals surface area contributed by atoms with E-state index in [-0.39, 0.29) is 18.6 Å². The predicted molar refractivity (Wildman–Crippen MR) is 122 cm³/mol. The van der Waals surface area contributed by atoms with E-state index in [0.717, 1.165) is 62.7 Å². The molecule has 0 bridgehead atoms. The van der Waals surface area contributed by atoms with Gasteiger partial charge in [0.2, 0.25) is 0 Å². The average Bonchev–Trinajstić information content (AvgIpc) is 2.73. The number of halogens is 4. The van der Waals surface area contributed by atoms with E-state index in [1.165, 1.54) is 11.6 Å². The van der Waals surface area contributed by atoms with Crippen LogP contribution in [0.1, 0.15) is 89.7 Å². The number of allylic oxidation sites excluding steroid dienone is 4. The number of rotatable bonds is 10. The van der Waals surface area contributed by atoms with Gasteiger partial charge in [-0.3, -0.25) is 4.79 Å². The van der Waals surface area contributed by atoms with Gasteiger partial charge in [0, 0.05) is 6.42 Å². The van der Waals surface area contributed by atoms with Gasteiger partial charge >= 0.3 is 6.18 Å². The molecule has 0 radical (unpaired) electrons. The third-order valence-corrected chi connectivity index (χ3v) is 6.61. The number of Topliss-reactive ketones (excluding diaryl/α,β-unsaturated/α-hetero) is 1. The number of ketones is 1. The van der Waals surface area contributed by atoms with Crippen LogP contribution >= 0.6 is 0 Å². The number of aryl methyl sites for hydroxylation is 1. The van der Waals surface area contributed by atoms with Gasteiger partial charge < -0.3 is 0 Å². The van der Waals surface area contributed by atoms with Crippen molar-refractivity contribution in [2.75, 3.05) is 0 Å². The standard InChI is InChI=1S/C27H36F4O/c1-4-19(3)9-8-11-22-17-20(5-2)10-6-7-12-23(22)26(32)16-14-21-13-15-25(28)24(18-21)27(29,30)31/h6,10,13,15,18-20H,4-5,7-9,11-12,14,16-17H2,1-3H3/b10-6+,23-22+. The SMILES string of the molecule is CCC(C)CCC/C1=C(\C(=O)CCc2ccc(F)c(C(F)(F)F)c2)CC/C=C/C(CC)C1. The number of benzene rings is 1. The Kier molecular flexibility index (Phi) is 10.2. The molecule has 0 aliphatic heterocycles. The summed E-state index contributed by atoms with van der Waals surface area (Å²) in [5.41, 5.74) is 1.16. The van der Waals surface area contributed by atoms with Crippen molar-refractivity contribution in [3.8, 4) is 0 Å². The topological polar surface area (TPSA) is 17.1 Å². The molecule has 2 rings (SSSR count). The molecule has 2 unspecified atom stereocenters. The lowest BCUT2D eigenvalue weighted by molar-refractivity contribution is -0.140. The molecule has 1 aromatic rings. The summed E-state index contributed by atoms with van der Waals surface area (Å²) in [6.07, 6.45) is 7.60. The van der Waals surface area contributed by atoms with Gasteiger partial charge in [-0.1, -0.05) is 57.4 Å². The first-order chi connectivity index (χ1) is 15.2. The largest absolute Gasteiger partial charge is 0.419 e. The first-order valence-electron chi connectivity index (χ1n) is 11.9. The van der Waals surface area contributed by atoms with Crippen LogP contribution in [0.15, 0.2) is 41.5 Å². The van der Waals surface area contributed by atoms with Crippen LogP contribution in [0.3, 0.4) is 0 Å². The molecule has 2 atom stereocenters. The minimum atomic E-state index is -4.74. The van der Waals surface area contributed by atoms with Gasteiger partial charge in [0.05, 0.1) is 5.56 Å². The van der Waals surface area contributed by atoms with Crippen molar-refractivity contribution in [2.24, 2.45) is 11.8 Å². The summed E-state index contributed by atoms with van der Waals surface area (Å²) in [4.78, 5) is 13.2. The number of carbonyl (C=O) groups is 1. The Bertz CT molecular complexity index is 819. The molecule has 1 nitrogen and oxygen atoms in total. The Morgan fingerprint density at radius 2 is 1.94 bits per heavy atom. The number of carbonyl (C=O) groups excluding carboxylic acids is 1. The van der Waals surface area contributed by atoms with Crippen molar-refractivity contribution in [1.29, 1.82) is 0 Å². The van der Waals surface area contributed by atoms with Crippen LogP contribution in [-0.2, 0) is 17.4 Å². The van der Waals surface area contributed by atoms with Gasteiger partial charge in [-0.25, -0.2) is 4.39 Å². The van der Waals surface area contributed by atoms with Gasteiger partial charge in [0.1, 0.15) is 5.82 Å². The Morgan fingerprint density at radius 1 is 1.19 bits per heavy atom. The molecule has 1 aliphatic rings. The highest BCUT2D eigenvalue weighted by Gasteiger charge is 2.34. The summed E-state index contributed by atoms with van der Waals surface area (Å²) in [6.45, 7) is 6.59. The van der Waals surface area contributed by atoms with Crippen molar-refractivity contribution in [1.82, 2.24) is 0 Å². The predicted octanol–water partition coefficient (Wildman–Crippen LogP) is 8.63. The van der Waals surface area contributed by atoms with E-state index >= 15 is 0 Å². The third kappa shape index (κ3) is 7.90. The molecular weight excluding hydrogens is 416 g/mol. The van der Waals surface area contributed by atoms with Crippen LogP contribution in [0.2, 0.25) is 0 Å². The van der Waals surface area contributed by atoms with Crippen molar-refractivity contribution < 1.29 is 22.4 Å². The smallest absolute Gasteiger partial charge is 0.295 e. The highest BCUT2D eigenvalue weighted by Crippen LogP contribution is 2.33. The molecule has 0 amide bonds. The lowest BCUT2D eigenvalue weighted by Crippen LogP contribution is -2.12. The second-order valence-electron chi connectivity index (χ2n) is 9.06. The van der Waals surface area contributed by atoms with Crippen molar-refractivity contribution >= 4 is 5.78 Å². The summed E-state index contributed by atoms with van der Waals surface area (Å²) < 4.78 is 52.6. The van der Waals surface area contributed by atoms with E-state index < -0.39 is 17.6 Å². The Morgan fingerprint density at radius 3 is 2.59 bits per heavy atom. The quantitative estimate of drug-likeness (QED) is 0.256. The van der Waals surface area contributed by atoms with Crippen molar-refractivity contribution in [3.05, 3.63) is 58.4 Å². The van der Waals surface area contributed by atoms with E-state index in [1.54, 1.807) is 0 Å². The Labute approximate surface area is 190 Å². The van der Waals surface area contributed by atoms with E-state index in [9.17, 15) is 22.4 Å². The van der Waals surface area contributed by atoms with Gasteiger partial charge in [-0.15, -0.1) is 0 Å². The Balaban J connectivity index is 2.17. The van der Waals surface area contributed by atoms with Crippen LogP contribution < -0.4 is 0 Å². The maximum Gasteiger partial charge on any atom is 0.419 e. The molecule has 0 fully saturated rings. The minimum absolute atomic E-state index is 0.0200. The molecule has 0 aromatic heterocycles. The normalized spacial score (nSPS) is 21.7. The van der Waals surface area contributed by atoms with Gasteiger partial charge in [0.25, 0.3) is 0 Å². The molecule has 0 heterocycles. The second kappa shape index (κ2) is 12.4. The monoisotopic (exact) mass is 452 g/mol. The van der Waals surface area contributed by atoms with E-state index in [1.807, 2.05) is 0 Å². The summed E-state index contributed by atoms with van der Waals surface area (Å²) in [5, 5.41) is 0. The molecule has 178 valence electrons. The fourth-order valence-corrected chi connectivity index (χ4v) is 4.29. The summed E-state index contributed by atoms with van der Waals surface area (Å²) in [5.74, 6) is -0.183. The highest BCUT2D eigenvalue weighted by atomic mass is 19.4. The molecular formula is C27H36F4O. The molecule has 32 heavy (non-hydrogen) atoms. The van der Waals surface area contributed by atoms with Gasteiger partial charge in [-0.2, -0.15) is 13.2 Å². The van der Waals surface area contributed by atoms with Crippen molar-refractivity contribution in [2.45, 2.75) is 91.2 Å². The van der Waals surface area contributed by atoms with E-state index in [0.29, 0.717) is 23.8 Å². The molecule has 0 spiro atoms. The van der Waals surface area contributed by atoms with E-state index in [4.69, 9.17) is 0 Å². The lowest BCUT2D eigenvalue weighted by atomic mass is 9.83. The first-order valence-corrected chi connectivity index (χ1v) is 11.9. The number of alkyl halides is 3. The van der Waals surface area contributed by atoms with Crippen LogP contribution in [0.4, 0.5) is 17.6 Å². The zero-order chi connectivity index (χ0) is 23.7. The van der Waals surface area contributed by atoms with Gasteiger partial charge in [-0.05, 0) is 80.1 Å². The summed E-state index contributed by atoms with van der Waals surface area (Å²) >= 11 is 0. The Hall–Kier alpha value is -1.91. The maximum absolute atomic E-state index is 13.6. The fraction of sp³-hybridized carbons (Fsp3) is 0.593. The third-order valence-electron chi connectivity index (χ3n) is 6.61. The van der Waals surface area contributed by atoms with Gasteiger partial charge in [0.15, 0.2) is 5.78 Å². The zero-order valence-corrected chi connectivity index (χ0v) is 19.5. The number of hydrogen-bond donors (Lipinski definition) is 0. The molecule has 1 aliphatic carbocycles. The second-order valence-corrected chi connectivity index (χ2v) is 9.06. The van der Waals surface area contributed by atoms with Crippen LogP contribution in [0.25, 0.3) is 0 Å². The molecule has 1 aromatic carbocycles. The molecule has 5 heteroatoms. The van der Waals surface area contributed by atoms with Crippen LogP contribution in [-0.4, -0.2) is 5.78 Å². The maximum atomic E-state index is 13.6. The summed E-state index contributed by atoms with van der Waals surface area (Å²) in [7, 11) is 0. The minimum Gasteiger partial charge on any atom is -0.295 e. The lowest BCUT2D eigenvalue weighted by Gasteiger charge is -2.21. The number of hydrogen-bond acceptors (Lipinski definition) is 1. The molecule has 0 N–H and O–H groups in total. The van der Waals surface area contributed by atoms with Crippen molar-refractivity contribution in [3.63, 3.8) is 0 Å².